The average Bonchev–Trinajstić information content (AvgIpc) is 3.35. The van der Waals surface area contributed by atoms with Crippen LogP contribution in [0.1, 0.15) is 31.1 Å². The number of esters is 1. The minimum atomic E-state index is -0.357. The molecule has 0 aromatic heterocycles. The van der Waals surface area contributed by atoms with Gasteiger partial charge >= 0.3 is 5.97 Å². The number of rotatable bonds is 8. The Morgan fingerprint density at radius 2 is 2.27 bits per heavy atom. The Labute approximate surface area is 130 Å². The van der Waals surface area contributed by atoms with Crippen molar-refractivity contribution >= 4 is 12.0 Å². The highest BCUT2D eigenvalue weighted by Gasteiger charge is 2.24. The highest BCUT2D eigenvalue weighted by molar-refractivity contribution is 5.87. The Bertz CT molecular complexity index is 534. The quantitative estimate of drug-likeness (QED) is 0.420. The molecule has 1 saturated heterocycles. The number of carbonyl (C=O) groups is 1. The van der Waals surface area contributed by atoms with Crippen LogP contribution < -0.4 is 4.74 Å². The largest absolute Gasteiger partial charge is 0.497 e. The van der Waals surface area contributed by atoms with Crippen molar-refractivity contribution in [2.24, 2.45) is 0 Å². The van der Waals surface area contributed by atoms with Gasteiger partial charge in [-0.25, -0.2) is 4.79 Å². The predicted octanol–water partition coefficient (Wildman–Crippen LogP) is 2.75. The summed E-state index contributed by atoms with van der Waals surface area (Å²) in [5, 5.41) is 0. The first-order valence-corrected chi connectivity index (χ1v) is 7.40. The van der Waals surface area contributed by atoms with Crippen LogP contribution in [0.15, 0.2) is 24.3 Å². The lowest BCUT2D eigenvalue weighted by molar-refractivity contribution is -0.137. The summed E-state index contributed by atoms with van der Waals surface area (Å²) in [5.74, 6) is 0.394. The lowest BCUT2D eigenvalue weighted by Gasteiger charge is -2.16. The summed E-state index contributed by atoms with van der Waals surface area (Å²) in [7, 11) is 1.62. The minimum absolute atomic E-state index is 0.124. The molecule has 5 heteroatoms. The van der Waals surface area contributed by atoms with Gasteiger partial charge in [0.15, 0.2) is 0 Å². The molecule has 2 rings (SSSR count). The van der Waals surface area contributed by atoms with Crippen molar-refractivity contribution in [2.45, 2.75) is 26.1 Å². The molecule has 1 aliphatic rings. The van der Waals surface area contributed by atoms with E-state index in [4.69, 9.17) is 18.9 Å². The molecule has 0 bridgehead atoms. The van der Waals surface area contributed by atoms with E-state index in [1.54, 1.807) is 20.1 Å². The molecule has 120 valence electrons. The van der Waals surface area contributed by atoms with E-state index in [0.717, 1.165) is 23.5 Å². The summed E-state index contributed by atoms with van der Waals surface area (Å²) < 4.78 is 21.1. The van der Waals surface area contributed by atoms with Gasteiger partial charge in [0.1, 0.15) is 11.9 Å². The first-order chi connectivity index (χ1) is 10.6. The molecule has 0 spiro atoms. The second-order valence-electron chi connectivity index (χ2n) is 5.01. The van der Waals surface area contributed by atoms with E-state index in [0.29, 0.717) is 13.2 Å². The fraction of sp³-hybridized carbons (Fsp3) is 0.471. The van der Waals surface area contributed by atoms with Crippen LogP contribution >= 0.6 is 0 Å². The summed E-state index contributed by atoms with van der Waals surface area (Å²) in [4.78, 5) is 11.5. The third kappa shape index (κ3) is 4.86. The molecule has 2 atom stereocenters. The summed E-state index contributed by atoms with van der Waals surface area (Å²) in [5.41, 5.74) is 1.86. The lowest BCUT2D eigenvalue weighted by atomic mass is 10.0. The molecular weight excluding hydrogens is 284 g/mol. The molecule has 2 unspecified atom stereocenters. The van der Waals surface area contributed by atoms with Gasteiger partial charge in [-0.2, -0.15) is 0 Å². The minimum Gasteiger partial charge on any atom is -0.497 e. The zero-order valence-electron chi connectivity index (χ0n) is 13.2. The monoisotopic (exact) mass is 306 g/mol. The Morgan fingerprint density at radius 1 is 1.50 bits per heavy atom. The van der Waals surface area contributed by atoms with Crippen molar-refractivity contribution in [3.05, 3.63) is 35.4 Å². The van der Waals surface area contributed by atoms with Crippen molar-refractivity contribution in [3.8, 4) is 5.75 Å². The number of methoxy groups -OCH3 is 1. The zero-order valence-corrected chi connectivity index (χ0v) is 13.2. The normalized spacial score (nSPS) is 18.2. The number of carbonyl (C=O) groups excluding carboxylic acids is 1. The predicted molar refractivity (Wildman–Crippen MR) is 82.8 cm³/mol. The summed E-state index contributed by atoms with van der Waals surface area (Å²) >= 11 is 0. The van der Waals surface area contributed by atoms with Gasteiger partial charge in [-0.05, 0) is 43.2 Å². The maximum absolute atomic E-state index is 11.5. The van der Waals surface area contributed by atoms with Gasteiger partial charge < -0.3 is 18.9 Å². The third-order valence-electron chi connectivity index (χ3n) is 3.35. The van der Waals surface area contributed by atoms with Crippen LogP contribution in [-0.4, -0.2) is 39.0 Å². The highest BCUT2D eigenvalue weighted by Crippen LogP contribution is 2.28. The summed E-state index contributed by atoms with van der Waals surface area (Å²) in [6, 6.07) is 5.67. The van der Waals surface area contributed by atoms with Crippen LogP contribution in [0.2, 0.25) is 0 Å². The van der Waals surface area contributed by atoms with Crippen LogP contribution in [0.4, 0.5) is 0 Å². The van der Waals surface area contributed by atoms with E-state index in [1.807, 2.05) is 25.1 Å². The molecule has 0 saturated carbocycles. The molecule has 22 heavy (non-hydrogen) atoms. The maximum atomic E-state index is 11.5. The molecule has 1 aromatic carbocycles. The lowest BCUT2D eigenvalue weighted by Crippen LogP contribution is -2.08. The van der Waals surface area contributed by atoms with E-state index >= 15 is 0 Å². The molecule has 1 fully saturated rings. The van der Waals surface area contributed by atoms with Gasteiger partial charge in [0.2, 0.25) is 0 Å². The second kappa shape index (κ2) is 7.96. The SMILES string of the molecule is CCOC(=O)/C=C/c1ccc(OC)cc1C(C)OCC1CO1. The van der Waals surface area contributed by atoms with Gasteiger partial charge in [0.25, 0.3) is 0 Å². The van der Waals surface area contributed by atoms with Gasteiger partial charge in [0, 0.05) is 6.08 Å². The van der Waals surface area contributed by atoms with E-state index < -0.39 is 0 Å². The van der Waals surface area contributed by atoms with Gasteiger partial charge in [-0.3, -0.25) is 0 Å². The molecule has 1 aromatic rings. The van der Waals surface area contributed by atoms with Crippen LogP contribution in [0.5, 0.6) is 5.75 Å². The van der Waals surface area contributed by atoms with E-state index in [2.05, 4.69) is 0 Å². The number of ether oxygens (including phenoxy) is 4. The standard InChI is InChI=1S/C17H22O5/c1-4-20-17(18)8-6-13-5-7-14(19-3)9-16(13)12(2)21-10-15-11-22-15/h5-9,12,15H,4,10-11H2,1-3H3/b8-6+. The smallest absolute Gasteiger partial charge is 0.330 e. The molecule has 1 heterocycles. The maximum Gasteiger partial charge on any atom is 0.330 e. The summed E-state index contributed by atoms with van der Waals surface area (Å²) in [6.07, 6.45) is 3.25. The van der Waals surface area contributed by atoms with Crippen LogP contribution in [0.3, 0.4) is 0 Å². The van der Waals surface area contributed by atoms with Crippen molar-refractivity contribution in [1.82, 2.24) is 0 Å². The summed E-state index contributed by atoms with van der Waals surface area (Å²) in [6.45, 7) is 5.44. The van der Waals surface area contributed by atoms with Crippen molar-refractivity contribution in [1.29, 1.82) is 0 Å². The molecular formula is C17H22O5. The van der Waals surface area contributed by atoms with Crippen LogP contribution in [-0.2, 0) is 19.0 Å². The fourth-order valence-electron chi connectivity index (χ4n) is 2.04. The van der Waals surface area contributed by atoms with E-state index in [9.17, 15) is 4.79 Å². The van der Waals surface area contributed by atoms with Crippen molar-refractivity contribution in [3.63, 3.8) is 0 Å². The number of hydrogen-bond donors (Lipinski definition) is 0. The van der Waals surface area contributed by atoms with Gasteiger partial charge in [-0.1, -0.05) is 6.07 Å². The first-order valence-electron chi connectivity index (χ1n) is 7.40. The number of hydrogen-bond acceptors (Lipinski definition) is 5. The Kier molecular flexibility index (Phi) is 5.98. The number of benzene rings is 1. The molecule has 5 nitrogen and oxygen atoms in total. The number of epoxide rings is 1. The Balaban J connectivity index is 2.13. The highest BCUT2D eigenvalue weighted by atomic mass is 16.6. The Morgan fingerprint density at radius 3 is 2.91 bits per heavy atom. The zero-order chi connectivity index (χ0) is 15.9. The van der Waals surface area contributed by atoms with E-state index in [1.165, 1.54) is 6.08 Å². The fourth-order valence-corrected chi connectivity index (χ4v) is 2.04. The van der Waals surface area contributed by atoms with Crippen molar-refractivity contribution in [2.75, 3.05) is 26.9 Å². The van der Waals surface area contributed by atoms with E-state index in [-0.39, 0.29) is 18.2 Å². The topological polar surface area (TPSA) is 57.3 Å². The van der Waals surface area contributed by atoms with Crippen molar-refractivity contribution < 1.29 is 23.7 Å². The molecule has 0 amide bonds. The van der Waals surface area contributed by atoms with Gasteiger partial charge in [-0.15, -0.1) is 0 Å². The first kappa shape index (κ1) is 16.5. The molecule has 1 aliphatic heterocycles. The molecule has 0 radical (unpaired) electrons. The average molecular weight is 306 g/mol. The van der Waals surface area contributed by atoms with Gasteiger partial charge in [0.05, 0.1) is 33.0 Å². The Hall–Kier alpha value is -1.85. The second-order valence-corrected chi connectivity index (χ2v) is 5.01. The third-order valence-corrected chi connectivity index (χ3v) is 3.35. The van der Waals surface area contributed by atoms with Crippen LogP contribution in [0.25, 0.3) is 6.08 Å². The molecule has 0 N–H and O–H groups in total. The van der Waals surface area contributed by atoms with Crippen LogP contribution in [0, 0.1) is 0 Å². The molecule has 0 aliphatic carbocycles.